The van der Waals surface area contributed by atoms with E-state index in [1.165, 1.54) is 30.3 Å². The zero-order valence-electron chi connectivity index (χ0n) is 16.4. The number of alkyl halides is 3. The summed E-state index contributed by atoms with van der Waals surface area (Å²) in [6.45, 7) is 1.44. The number of fused-ring (bicyclic) bond motifs is 3. The van der Waals surface area contributed by atoms with E-state index in [2.05, 4.69) is 31.9 Å². The topological polar surface area (TPSA) is 97.9 Å². The van der Waals surface area contributed by atoms with E-state index in [1.807, 2.05) is 0 Å². The molecule has 2 aromatic heterocycles. The number of nitrogens with zero attached hydrogens (tertiary/aromatic N) is 7. The molecule has 3 aliphatic rings. The fraction of sp³-hybridized carbons (Fsp3) is 0.556. The minimum atomic E-state index is -4.41. The molecule has 5 atom stereocenters. The Bertz CT molecular complexity index is 1020. The number of rotatable bonds is 2. The lowest BCUT2D eigenvalue weighted by atomic mass is 9.80. The average molecular weight is 454 g/mol. The van der Waals surface area contributed by atoms with Crippen LogP contribution in [0.1, 0.15) is 13.3 Å². The smallest absolute Gasteiger partial charge is 0.310 e. The van der Waals surface area contributed by atoms with Crippen molar-refractivity contribution >= 4 is 17.3 Å². The van der Waals surface area contributed by atoms with Crippen LogP contribution in [0.25, 0.3) is 5.82 Å². The number of pyridine rings is 1. The highest BCUT2D eigenvalue weighted by atomic mass is 35.5. The second-order valence-corrected chi connectivity index (χ2v) is 8.60. The Kier molecular flexibility index (Phi) is 4.63. The summed E-state index contributed by atoms with van der Waals surface area (Å²) in [4.78, 5) is 5.56. The van der Waals surface area contributed by atoms with E-state index in [-0.39, 0.29) is 17.4 Å². The van der Waals surface area contributed by atoms with E-state index in [0.717, 1.165) is 0 Å². The maximum Gasteiger partial charge on any atom is 0.397 e. The molecule has 3 saturated heterocycles. The van der Waals surface area contributed by atoms with E-state index in [0.29, 0.717) is 18.7 Å². The van der Waals surface area contributed by atoms with Crippen molar-refractivity contribution in [1.82, 2.24) is 35.6 Å². The van der Waals surface area contributed by atoms with Gasteiger partial charge in [0.1, 0.15) is 6.04 Å². The SMILES string of the molecule is CC1(C(F)(F)F)CNC2CNC3CC(C#N)N(c4cnc(-n5nccn5)c(Cl)c4)N3C21. The van der Waals surface area contributed by atoms with Crippen LogP contribution in [0.3, 0.4) is 0 Å². The van der Waals surface area contributed by atoms with Crippen molar-refractivity contribution in [1.29, 1.82) is 5.26 Å². The predicted octanol–water partition coefficient (Wildman–Crippen LogP) is 1.47. The Balaban J connectivity index is 1.57. The summed E-state index contributed by atoms with van der Waals surface area (Å²) in [5.74, 6) is 0.289. The number of nitrogens with one attached hydrogen (secondary N) is 2. The summed E-state index contributed by atoms with van der Waals surface area (Å²) in [6, 6.07) is 1.83. The van der Waals surface area contributed by atoms with Crippen molar-refractivity contribution in [2.24, 2.45) is 5.41 Å². The Morgan fingerprint density at radius 1 is 1.29 bits per heavy atom. The van der Waals surface area contributed by atoms with Crippen molar-refractivity contribution in [3.8, 4) is 11.9 Å². The molecule has 5 unspecified atom stereocenters. The lowest BCUT2D eigenvalue weighted by molar-refractivity contribution is -0.232. The number of hydrazine groups is 1. The first-order valence-corrected chi connectivity index (χ1v) is 10.2. The van der Waals surface area contributed by atoms with Crippen LogP contribution in [0.4, 0.5) is 18.9 Å². The second-order valence-electron chi connectivity index (χ2n) is 8.19. The lowest BCUT2D eigenvalue weighted by Gasteiger charge is -2.49. The molecular weight excluding hydrogens is 435 g/mol. The largest absolute Gasteiger partial charge is 0.397 e. The summed E-state index contributed by atoms with van der Waals surface area (Å²) in [5.41, 5.74) is -1.54. The van der Waals surface area contributed by atoms with Crippen LogP contribution in [-0.4, -0.2) is 68.5 Å². The number of aromatic nitrogens is 4. The standard InChI is InChI=1S/C18H19ClF3N9/c1-17(18(20,21)22)9-26-13-8-24-14-5-10(6-23)29(30(14)15(13)17)11-4-12(19)16(25-7-11)31-27-2-3-28-31/h2-4,7,10,13-15,24,26H,5,8-9H2,1H3. The minimum Gasteiger partial charge on any atom is -0.310 e. The first kappa shape index (κ1) is 20.4. The fourth-order valence-electron chi connectivity index (χ4n) is 4.87. The zero-order valence-corrected chi connectivity index (χ0v) is 17.1. The van der Waals surface area contributed by atoms with Gasteiger partial charge in [-0.2, -0.15) is 33.6 Å². The summed E-state index contributed by atoms with van der Waals surface area (Å²) in [5, 5.41) is 27.6. The molecule has 0 spiro atoms. The normalized spacial score (nSPS) is 33.2. The Labute approximate surface area is 180 Å². The van der Waals surface area contributed by atoms with Crippen LogP contribution < -0.4 is 15.6 Å². The van der Waals surface area contributed by atoms with Crippen LogP contribution in [0, 0.1) is 16.7 Å². The van der Waals surface area contributed by atoms with Gasteiger partial charge in [-0.25, -0.2) is 4.98 Å². The van der Waals surface area contributed by atoms with Crippen molar-refractivity contribution < 1.29 is 13.2 Å². The van der Waals surface area contributed by atoms with Gasteiger partial charge in [0.25, 0.3) is 0 Å². The van der Waals surface area contributed by atoms with Gasteiger partial charge in [-0.05, 0) is 13.0 Å². The number of anilines is 1. The van der Waals surface area contributed by atoms with E-state index in [4.69, 9.17) is 11.6 Å². The first-order chi connectivity index (χ1) is 14.7. The highest BCUT2D eigenvalue weighted by Crippen LogP contribution is 2.50. The Morgan fingerprint density at radius 2 is 2.03 bits per heavy atom. The third-order valence-electron chi connectivity index (χ3n) is 6.41. The van der Waals surface area contributed by atoms with E-state index < -0.39 is 35.9 Å². The summed E-state index contributed by atoms with van der Waals surface area (Å²) in [7, 11) is 0. The lowest BCUT2D eigenvalue weighted by Crippen LogP contribution is -2.69. The van der Waals surface area contributed by atoms with Gasteiger partial charge in [-0.3, -0.25) is 10.3 Å². The molecule has 3 fully saturated rings. The van der Waals surface area contributed by atoms with E-state index in [9.17, 15) is 18.4 Å². The van der Waals surface area contributed by atoms with Gasteiger partial charge in [0.15, 0.2) is 5.82 Å². The molecule has 0 aliphatic carbocycles. The van der Waals surface area contributed by atoms with Crippen molar-refractivity contribution in [3.05, 3.63) is 29.7 Å². The molecule has 13 heteroatoms. The minimum absolute atomic E-state index is 0.190. The van der Waals surface area contributed by atoms with Crippen LogP contribution in [0.5, 0.6) is 0 Å². The fourth-order valence-corrected chi connectivity index (χ4v) is 5.10. The molecule has 5 rings (SSSR count). The molecule has 3 aliphatic heterocycles. The highest BCUT2D eigenvalue weighted by molar-refractivity contribution is 6.32. The molecule has 0 radical (unpaired) electrons. The number of halogens is 4. The molecule has 0 aromatic carbocycles. The molecule has 0 bridgehead atoms. The molecule has 164 valence electrons. The van der Waals surface area contributed by atoms with Gasteiger partial charge in [0.2, 0.25) is 0 Å². The third-order valence-corrected chi connectivity index (χ3v) is 6.69. The molecule has 9 nitrogen and oxygen atoms in total. The monoisotopic (exact) mass is 453 g/mol. The van der Waals surface area contributed by atoms with Gasteiger partial charge >= 0.3 is 6.18 Å². The molecule has 0 saturated carbocycles. The zero-order chi connectivity index (χ0) is 22.0. The highest BCUT2D eigenvalue weighted by Gasteiger charge is 2.66. The van der Waals surface area contributed by atoms with Gasteiger partial charge in [0, 0.05) is 25.6 Å². The molecule has 31 heavy (non-hydrogen) atoms. The average Bonchev–Trinajstić information content (AvgIpc) is 3.44. The number of hydrogen-bond donors (Lipinski definition) is 2. The van der Waals surface area contributed by atoms with Crippen molar-refractivity contribution in [2.45, 2.75) is 43.8 Å². The quantitative estimate of drug-likeness (QED) is 0.705. The van der Waals surface area contributed by atoms with Gasteiger partial charge in [-0.15, -0.1) is 4.80 Å². The van der Waals surface area contributed by atoms with Crippen LogP contribution in [0.15, 0.2) is 24.7 Å². The van der Waals surface area contributed by atoms with E-state index >= 15 is 0 Å². The maximum absolute atomic E-state index is 14.1. The van der Waals surface area contributed by atoms with Crippen molar-refractivity contribution in [3.63, 3.8) is 0 Å². The number of hydrogen-bond acceptors (Lipinski definition) is 8. The second kappa shape index (κ2) is 7.03. The van der Waals surface area contributed by atoms with E-state index in [1.54, 1.807) is 16.1 Å². The van der Waals surface area contributed by atoms with Crippen LogP contribution >= 0.6 is 11.6 Å². The number of nitriles is 1. The third kappa shape index (κ3) is 2.99. The molecule has 2 N–H and O–H groups in total. The molecule has 5 heterocycles. The molecule has 0 amide bonds. The molecule has 2 aromatic rings. The first-order valence-electron chi connectivity index (χ1n) is 9.77. The predicted molar refractivity (Wildman–Crippen MR) is 104 cm³/mol. The summed E-state index contributed by atoms with van der Waals surface area (Å²) >= 11 is 6.41. The van der Waals surface area contributed by atoms with Crippen molar-refractivity contribution in [2.75, 3.05) is 18.1 Å². The van der Waals surface area contributed by atoms with Gasteiger partial charge < -0.3 is 5.32 Å². The van der Waals surface area contributed by atoms with Crippen LogP contribution in [-0.2, 0) is 0 Å². The summed E-state index contributed by atoms with van der Waals surface area (Å²) in [6.07, 6.45) is -0.0232. The summed E-state index contributed by atoms with van der Waals surface area (Å²) < 4.78 is 42.4. The Hall–Kier alpha value is -2.46. The molecular formula is C18H19ClF3N9. The van der Waals surface area contributed by atoms with Gasteiger partial charge in [-0.1, -0.05) is 11.6 Å². The Morgan fingerprint density at radius 3 is 2.68 bits per heavy atom. The van der Waals surface area contributed by atoms with Gasteiger partial charge in [0.05, 0.1) is 53.0 Å². The van der Waals surface area contributed by atoms with Crippen LogP contribution in [0.2, 0.25) is 5.02 Å². The maximum atomic E-state index is 14.1.